The van der Waals surface area contributed by atoms with Gasteiger partial charge in [-0.2, -0.15) is 8.78 Å². The largest absolute Gasteiger partial charge is 0.478 e. The number of β-amino-alcohol motifs (C(OH)–C–C–N with tert-alkyl or cyclic N) is 1. The Kier molecular flexibility index (Phi) is 8.79. The summed E-state index contributed by atoms with van der Waals surface area (Å²) in [7, 11) is 0. The lowest BCUT2D eigenvalue weighted by molar-refractivity contribution is -0.152. The fourth-order valence-electron chi connectivity index (χ4n) is 3.04. The summed E-state index contributed by atoms with van der Waals surface area (Å²) in [4.78, 5) is 13.3. The first-order valence-electron chi connectivity index (χ1n) is 10.1. The second-order valence-corrected chi connectivity index (χ2v) is 8.23. The average Bonchev–Trinajstić information content (AvgIpc) is 3.22. The molecule has 2 N–H and O–H groups in total. The maximum Gasteiger partial charge on any atom is 0.347 e. The molecule has 5 nitrogen and oxygen atoms in total. The normalized spacial score (nSPS) is 14.6. The molecule has 170 valence electrons. The van der Waals surface area contributed by atoms with E-state index in [2.05, 4.69) is 4.90 Å². The summed E-state index contributed by atoms with van der Waals surface area (Å²) < 4.78 is 34.2. The molecule has 0 aromatic heterocycles. The number of hydrogen-bond acceptors (Lipinski definition) is 4. The molecule has 1 saturated heterocycles. The zero-order valence-electron chi connectivity index (χ0n) is 17.7. The Morgan fingerprint density at radius 1 is 1.03 bits per heavy atom. The van der Waals surface area contributed by atoms with Crippen LogP contribution in [-0.2, 0) is 10.7 Å². The first kappa shape index (κ1) is 25.0. The second kappa shape index (κ2) is 10.9. The van der Waals surface area contributed by atoms with Gasteiger partial charge in [0.25, 0.3) is 5.92 Å². The molecule has 0 spiro atoms. The van der Waals surface area contributed by atoms with Gasteiger partial charge in [0.2, 0.25) is 0 Å². The lowest BCUT2D eigenvalue weighted by Gasteiger charge is -2.22. The van der Waals surface area contributed by atoms with Crippen molar-refractivity contribution >= 4 is 17.6 Å². The quantitative estimate of drug-likeness (QED) is 0.627. The van der Waals surface area contributed by atoms with E-state index in [9.17, 15) is 13.6 Å². The maximum absolute atomic E-state index is 14.4. The number of carboxylic acid groups (broad SMARTS) is 1. The minimum absolute atomic E-state index is 0.179. The summed E-state index contributed by atoms with van der Waals surface area (Å²) >= 11 is 5.71. The van der Waals surface area contributed by atoms with Crippen molar-refractivity contribution in [3.8, 4) is 5.75 Å². The molecule has 2 aromatic carbocycles. The lowest BCUT2D eigenvalue weighted by Crippen LogP contribution is -2.37. The van der Waals surface area contributed by atoms with Crippen LogP contribution in [0.3, 0.4) is 0 Å². The Balaban J connectivity index is 0.000000357. The van der Waals surface area contributed by atoms with Crippen molar-refractivity contribution in [3.63, 3.8) is 0 Å². The molecule has 0 saturated carbocycles. The predicted molar refractivity (Wildman–Crippen MR) is 116 cm³/mol. The third kappa shape index (κ3) is 7.16. The van der Waals surface area contributed by atoms with E-state index in [1.54, 1.807) is 0 Å². The Bertz CT molecular complexity index is 836. The topological polar surface area (TPSA) is 70.0 Å². The van der Waals surface area contributed by atoms with Crippen LogP contribution in [0.2, 0.25) is 5.02 Å². The molecule has 0 atom stereocenters. The first-order chi connectivity index (χ1) is 14.6. The smallest absolute Gasteiger partial charge is 0.347 e. The number of ether oxygens (including phenoxy) is 1. The summed E-state index contributed by atoms with van der Waals surface area (Å²) in [5.74, 6) is -4.13. The Morgan fingerprint density at radius 3 is 1.97 bits per heavy atom. The van der Waals surface area contributed by atoms with E-state index in [-0.39, 0.29) is 16.9 Å². The molecular weight excluding hydrogens is 428 g/mol. The van der Waals surface area contributed by atoms with Gasteiger partial charge in [-0.05, 0) is 76.2 Å². The van der Waals surface area contributed by atoms with Gasteiger partial charge < -0.3 is 19.8 Å². The monoisotopic (exact) mass is 455 g/mol. The summed E-state index contributed by atoms with van der Waals surface area (Å²) in [6, 6.07) is 10.4. The maximum atomic E-state index is 14.4. The van der Waals surface area contributed by atoms with E-state index in [1.165, 1.54) is 88.3 Å². The summed E-state index contributed by atoms with van der Waals surface area (Å²) in [5, 5.41) is 17.9. The Morgan fingerprint density at radius 2 is 1.52 bits per heavy atom. The molecule has 0 radical (unpaired) electrons. The van der Waals surface area contributed by atoms with E-state index in [0.717, 1.165) is 6.54 Å². The Labute approximate surface area is 186 Å². The van der Waals surface area contributed by atoms with Gasteiger partial charge in [-0.25, -0.2) is 4.79 Å². The number of alkyl halides is 2. The van der Waals surface area contributed by atoms with Crippen LogP contribution in [0.15, 0.2) is 48.5 Å². The summed E-state index contributed by atoms with van der Waals surface area (Å²) in [6.07, 6.45) is 2.64. The van der Waals surface area contributed by atoms with Crippen LogP contribution in [0.25, 0.3) is 0 Å². The van der Waals surface area contributed by atoms with E-state index in [0.29, 0.717) is 11.6 Å². The van der Waals surface area contributed by atoms with Gasteiger partial charge in [-0.1, -0.05) is 23.7 Å². The summed E-state index contributed by atoms with van der Waals surface area (Å²) in [6.45, 7) is 6.35. The van der Waals surface area contributed by atoms with Crippen LogP contribution >= 0.6 is 11.6 Å². The van der Waals surface area contributed by atoms with Crippen molar-refractivity contribution in [3.05, 3.63) is 64.7 Å². The number of aliphatic hydroxyl groups excluding tert-OH is 1. The molecular formula is C23H28ClF2NO4. The van der Waals surface area contributed by atoms with Gasteiger partial charge in [-0.15, -0.1) is 0 Å². The minimum atomic E-state index is -3.19. The van der Waals surface area contributed by atoms with Gasteiger partial charge >= 0.3 is 5.97 Å². The number of benzene rings is 2. The fourth-order valence-corrected chi connectivity index (χ4v) is 3.17. The van der Waals surface area contributed by atoms with Gasteiger partial charge in [0.1, 0.15) is 5.75 Å². The number of carbonyl (C=O) groups is 1. The lowest BCUT2D eigenvalue weighted by atomic mass is 10.0. The van der Waals surface area contributed by atoms with Crippen molar-refractivity contribution in [2.45, 2.75) is 38.2 Å². The number of hydrogen-bond donors (Lipinski definition) is 2. The SMILES string of the molecule is CC(C)(Oc1ccc(C(F)(F)c2ccc(Cl)cc2)cc1)C(=O)O.OCCN1CCCC1. The number of nitrogens with zero attached hydrogens (tertiary/aromatic N) is 1. The van der Waals surface area contributed by atoms with E-state index in [4.69, 9.17) is 26.6 Å². The van der Waals surface area contributed by atoms with Crippen LogP contribution in [0.4, 0.5) is 8.78 Å². The van der Waals surface area contributed by atoms with Gasteiger partial charge in [-0.3, -0.25) is 0 Å². The van der Waals surface area contributed by atoms with Gasteiger partial charge in [0.05, 0.1) is 6.61 Å². The molecule has 2 aromatic rings. The van der Waals surface area contributed by atoms with Crippen LogP contribution in [0, 0.1) is 0 Å². The minimum Gasteiger partial charge on any atom is -0.478 e. The molecule has 3 rings (SSSR count). The number of likely N-dealkylation sites (tertiary alicyclic amines) is 1. The van der Waals surface area contributed by atoms with Crippen LogP contribution in [0.1, 0.15) is 37.8 Å². The van der Waals surface area contributed by atoms with Crippen molar-refractivity contribution in [1.82, 2.24) is 4.90 Å². The molecule has 1 aliphatic heterocycles. The van der Waals surface area contributed by atoms with E-state index in [1.807, 2.05) is 0 Å². The molecule has 31 heavy (non-hydrogen) atoms. The van der Waals surface area contributed by atoms with E-state index >= 15 is 0 Å². The number of carboxylic acids is 1. The zero-order valence-corrected chi connectivity index (χ0v) is 18.4. The highest BCUT2D eigenvalue weighted by Crippen LogP contribution is 2.37. The van der Waals surface area contributed by atoms with E-state index < -0.39 is 17.5 Å². The highest BCUT2D eigenvalue weighted by Gasteiger charge is 2.34. The molecule has 0 aliphatic carbocycles. The van der Waals surface area contributed by atoms with Gasteiger partial charge in [0, 0.05) is 22.7 Å². The third-order valence-electron chi connectivity index (χ3n) is 4.93. The Hall–Kier alpha value is -2.22. The zero-order chi connectivity index (χ0) is 23.1. The van der Waals surface area contributed by atoms with Crippen molar-refractivity contribution in [2.75, 3.05) is 26.2 Å². The number of aliphatic hydroxyl groups is 1. The van der Waals surface area contributed by atoms with Crippen molar-refractivity contribution in [1.29, 1.82) is 0 Å². The molecule has 0 bridgehead atoms. The molecule has 1 aliphatic rings. The fraction of sp³-hybridized carbons (Fsp3) is 0.435. The average molecular weight is 456 g/mol. The number of rotatable bonds is 7. The highest BCUT2D eigenvalue weighted by atomic mass is 35.5. The second-order valence-electron chi connectivity index (χ2n) is 7.80. The number of halogens is 3. The molecule has 0 amide bonds. The van der Waals surface area contributed by atoms with Crippen molar-refractivity contribution in [2.24, 2.45) is 0 Å². The summed E-state index contributed by atoms with van der Waals surface area (Å²) in [5.41, 5.74) is -1.85. The van der Waals surface area contributed by atoms with Crippen LogP contribution in [-0.4, -0.2) is 52.9 Å². The predicted octanol–water partition coefficient (Wildman–Crippen LogP) is 4.80. The van der Waals surface area contributed by atoms with Crippen LogP contribution in [0.5, 0.6) is 5.75 Å². The molecule has 0 unspecified atom stereocenters. The highest BCUT2D eigenvalue weighted by molar-refractivity contribution is 6.30. The van der Waals surface area contributed by atoms with Crippen molar-refractivity contribution < 1.29 is 28.5 Å². The third-order valence-corrected chi connectivity index (χ3v) is 5.18. The first-order valence-corrected chi connectivity index (χ1v) is 10.4. The number of aliphatic carboxylic acids is 1. The van der Waals surface area contributed by atoms with Crippen LogP contribution < -0.4 is 4.74 Å². The molecule has 1 heterocycles. The molecule has 1 fully saturated rings. The van der Waals surface area contributed by atoms with Gasteiger partial charge in [0.15, 0.2) is 5.60 Å². The standard InChI is InChI=1S/C17H15ClF2O3.C6H13NO/c1-16(2,15(21)22)23-14-9-5-12(6-10-14)17(19,20)11-3-7-13(18)8-4-11;8-6-5-7-3-1-2-4-7/h3-10H,1-2H3,(H,21,22);8H,1-6H2. The molecule has 8 heteroatoms.